The minimum atomic E-state index is -5.78. The van der Waals surface area contributed by atoms with Crippen molar-refractivity contribution in [1.82, 2.24) is 29.3 Å². The number of nitrogens with one attached hydrogen (secondary N) is 2. The number of aromatic nitrogens is 6. The average molecular weight is 690 g/mol. The number of aromatic amines is 1. The molecule has 0 aliphatic carbocycles. The molecule has 1 aliphatic heterocycles. The molecule has 6 unspecified atom stereocenters. The minimum Gasteiger partial charge on any atom is -0.438 e. The number of amides is 1. The number of imidazole rings is 1. The van der Waals surface area contributed by atoms with Gasteiger partial charge in [-0.3, -0.25) is 19.1 Å². The van der Waals surface area contributed by atoms with Crippen molar-refractivity contribution in [1.29, 1.82) is 0 Å². The predicted molar refractivity (Wildman–Crippen MR) is 143 cm³/mol. The van der Waals surface area contributed by atoms with Gasteiger partial charge in [0.1, 0.15) is 28.2 Å². The Bertz CT molecular complexity index is 1720. The smallest absolute Gasteiger partial charge is 0.438 e. The number of carbonyl (C=O) groups excluding carboxylic acids is 1. The summed E-state index contributed by atoms with van der Waals surface area (Å²) in [6.07, 6.45) is -4.97. The first-order valence-electron chi connectivity index (χ1n) is 11.6. The maximum Gasteiger partial charge on any atom is 0.490 e. The maximum absolute atomic E-state index is 12.9. The number of nitrogen functional groups attached to an aromatic ring is 1. The number of aryl methyl sites for hydroxylation is 2. The van der Waals surface area contributed by atoms with Crippen LogP contribution in [0.15, 0.2) is 12.4 Å². The van der Waals surface area contributed by atoms with E-state index in [-0.39, 0.29) is 27.6 Å². The van der Waals surface area contributed by atoms with Crippen LogP contribution in [0.25, 0.3) is 11.2 Å². The molecule has 1 aliphatic rings. The molecule has 6 atom stereocenters. The van der Waals surface area contributed by atoms with Gasteiger partial charge in [0.25, 0.3) is 0 Å². The number of hydrogen-bond donors (Lipinski definition) is 7. The summed E-state index contributed by atoms with van der Waals surface area (Å²) in [5.41, 5.74) is 6.70. The van der Waals surface area contributed by atoms with Gasteiger partial charge in [0, 0.05) is 20.2 Å². The van der Waals surface area contributed by atoms with E-state index in [1.54, 1.807) is 20.0 Å². The van der Waals surface area contributed by atoms with Crippen LogP contribution >= 0.6 is 35.7 Å². The largest absolute Gasteiger partial charge is 0.490 e. The van der Waals surface area contributed by atoms with E-state index in [0.717, 1.165) is 0 Å². The third-order valence-electron chi connectivity index (χ3n) is 5.58. The summed E-state index contributed by atoms with van der Waals surface area (Å²) in [7, 11) is -14.1. The van der Waals surface area contributed by atoms with E-state index in [1.165, 1.54) is 22.7 Å². The van der Waals surface area contributed by atoms with Crippen LogP contribution in [-0.2, 0) is 48.1 Å². The van der Waals surface area contributed by atoms with E-state index in [9.17, 15) is 28.3 Å². The Morgan fingerprint density at radius 3 is 2.51 bits per heavy atom. The standard InChI is InChI=1S/C17H25N8O14P3S/c1-7-4-9(24(2)23-7)20-17(26)37-12-11(34-3)8(5-35-41(30,31)39-42(32,33)38-40(27,28)29)36-15(12)25-6-19-10-13(25)21-16(18)22-14(10)43/h4,6,8,11-12,15H,5H2,1-3H3,(H,20,26)(H,30,31)(H,32,33)(H2,27,28,29)(H3,18,21,22,43). The molecule has 8 N–H and O–H groups in total. The Hall–Kier alpha value is -2.62. The van der Waals surface area contributed by atoms with Gasteiger partial charge in [-0.25, -0.2) is 23.5 Å². The number of nitrogens with two attached hydrogens (primary N) is 1. The summed E-state index contributed by atoms with van der Waals surface area (Å²) < 4.78 is 66.9. The molecule has 1 fully saturated rings. The Kier molecular flexibility index (Phi) is 9.60. The summed E-state index contributed by atoms with van der Waals surface area (Å²) >= 11 is 5.23. The lowest BCUT2D eigenvalue weighted by Gasteiger charge is -2.24. The third kappa shape index (κ3) is 8.11. The quantitative estimate of drug-likeness (QED) is 0.109. The van der Waals surface area contributed by atoms with Gasteiger partial charge in [-0.15, -0.1) is 0 Å². The number of nitrogens with zero attached hydrogens (tertiary/aromatic N) is 5. The molecule has 22 nitrogen and oxygen atoms in total. The lowest BCUT2D eigenvalue weighted by atomic mass is 10.1. The fraction of sp³-hybridized carbons (Fsp3) is 0.471. The molecule has 3 aromatic rings. The van der Waals surface area contributed by atoms with E-state index in [4.69, 9.17) is 46.5 Å². The fourth-order valence-electron chi connectivity index (χ4n) is 4.06. The van der Waals surface area contributed by atoms with E-state index in [0.29, 0.717) is 5.69 Å². The van der Waals surface area contributed by atoms with Crippen molar-refractivity contribution >= 4 is 64.7 Å². The Labute approximate surface area is 245 Å². The molecule has 0 bridgehead atoms. The molecule has 238 valence electrons. The maximum atomic E-state index is 12.9. The summed E-state index contributed by atoms with van der Waals surface area (Å²) in [5, 5.41) is 6.63. The number of rotatable bonds is 11. The van der Waals surface area contributed by atoms with E-state index in [2.05, 4.69) is 34.0 Å². The van der Waals surface area contributed by atoms with Crippen molar-refractivity contribution < 1.29 is 65.4 Å². The first-order valence-corrected chi connectivity index (χ1v) is 16.5. The Morgan fingerprint density at radius 2 is 1.91 bits per heavy atom. The zero-order chi connectivity index (χ0) is 31.9. The summed E-state index contributed by atoms with van der Waals surface area (Å²) in [4.78, 5) is 60.6. The molecule has 43 heavy (non-hydrogen) atoms. The highest BCUT2D eigenvalue weighted by Gasteiger charge is 2.50. The molecule has 0 saturated carbocycles. The lowest BCUT2D eigenvalue weighted by molar-refractivity contribution is -0.0530. The summed E-state index contributed by atoms with van der Waals surface area (Å²) in [6, 6.07) is 1.57. The number of phosphoric acid groups is 3. The van der Waals surface area contributed by atoms with Crippen LogP contribution in [0.3, 0.4) is 0 Å². The van der Waals surface area contributed by atoms with Crippen LogP contribution in [-0.4, -0.2) is 87.0 Å². The third-order valence-corrected chi connectivity index (χ3v) is 9.67. The SMILES string of the molecule is COC1C(COP(=O)(O)OP(=O)(O)OP(=O)(O)O)OC(n2cnc3c(=S)[nH]c(N)nc32)C1OC(=O)Nc1cc(C)nn1C. The van der Waals surface area contributed by atoms with Crippen LogP contribution in [0, 0.1) is 11.6 Å². The normalized spacial score (nSPS) is 23.6. The monoisotopic (exact) mass is 690 g/mol. The zero-order valence-corrected chi connectivity index (χ0v) is 25.6. The average Bonchev–Trinajstić information content (AvgIpc) is 3.50. The van der Waals surface area contributed by atoms with Crippen LogP contribution in [0.5, 0.6) is 0 Å². The lowest BCUT2D eigenvalue weighted by Crippen LogP contribution is -2.39. The number of carbonyl (C=O) groups is 1. The second-order valence-electron chi connectivity index (χ2n) is 8.72. The molecule has 1 saturated heterocycles. The highest BCUT2D eigenvalue weighted by atomic mass is 32.1. The number of H-pyrrole nitrogens is 1. The van der Waals surface area contributed by atoms with E-state index >= 15 is 0 Å². The molecule has 3 aromatic heterocycles. The van der Waals surface area contributed by atoms with Crippen LogP contribution < -0.4 is 11.1 Å². The molecular weight excluding hydrogens is 665 g/mol. The van der Waals surface area contributed by atoms with Crippen LogP contribution in [0.1, 0.15) is 11.9 Å². The van der Waals surface area contributed by atoms with Crippen molar-refractivity contribution in [2.45, 2.75) is 31.5 Å². The van der Waals surface area contributed by atoms with E-state index in [1.807, 2.05) is 0 Å². The van der Waals surface area contributed by atoms with Gasteiger partial charge in [0.2, 0.25) is 5.95 Å². The molecule has 0 spiro atoms. The first kappa shape index (κ1) is 33.3. The molecule has 4 heterocycles. The van der Waals surface area contributed by atoms with Crippen molar-refractivity contribution in [2.24, 2.45) is 7.05 Å². The van der Waals surface area contributed by atoms with Crippen molar-refractivity contribution in [3.05, 3.63) is 22.7 Å². The highest BCUT2D eigenvalue weighted by molar-refractivity contribution is 7.71. The molecule has 1 amide bonds. The molecule has 26 heteroatoms. The number of phosphoric ester groups is 1. The van der Waals surface area contributed by atoms with Gasteiger partial charge in [0.05, 0.1) is 18.6 Å². The molecule has 0 aromatic carbocycles. The first-order chi connectivity index (χ1) is 19.9. The molecule has 0 radical (unpaired) electrons. The molecular formula is C17H25N8O14P3S. The number of hydrogen-bond acceptors (Lipinski definition) is 15. The highest BCUT2D eigenvalue weighted by Crippen LogP contribution is 2.66. The molecule has 4 rings (SSSR count). The van der Waals surface area contributed by atoms with Gasteiger partial charge in [-0.05, 0) is 6.92 Å². The summed E-state index contributed by atoms with van der Waals surface area (Å²) in [6.45, 7) is 0.789. The number of fused-ring (bicyclic) bond motifs is 1. The van der Waals surface area contributed by atoms with E-state index < -0.39 is 60.7 Å². The minimum absolute atomic E-state index is 0.0773. The second kappa shape index (κ2) is 12.4. The fourth-order valence-corrected chi connectivity index (χ4v) is 7.34. The van der Waals surface area contributed by atoms with Crippen molar-refractivity contribution in [3.8, 4) is 0 Å². The van der Waals surface area contributed by atoms with Gasteiger partial charge < -0.3 is 44.5 Å². The van der Waals surface area contributed by atoms with Crippen LogP contribution in [0.4, 0.5) is 16.6 Å². The van der Waals surface area contributed by atoms with Gasteiger partial charge in [-0.1, -0.05) is 12.2 Å². The summed E-state index contributed by atoms with van der Waals surface area (Å²) in [5.74, 6) is 0.205. The van der Waals surface area contributed by atoms with Gasteiger partial charge in [0.15, 0.2) is 18.0 Å². The number of ether oxygens (including phenoxy) is 3. The Balaban J connectivity index is 1.61. The topological polar surface area (TPSA) is 307 Å². The Morgan fingerprint density at radius 1 is 1.21 bits per heavy atom. The second-order valence-corrected chi connectivity index (χ2v) is 13.5. The predicted octanol–water partition coefficient (Wildman–Crippen LogP) is 0.986. The van der Waals surface area contributed by atoms with Crippen molar-refractivity contribution in [3.63, 3.8) is 0 Å². The zero-order valence-electron chi connectivity index (χ0n) is 22.1. The number of anilines is 2. The number of methoxy groups -OCH3 is 1. The van der Waals surface area contributed by atoms with Gasteiger partial charge in [-0.2, -0.15) is 18.7 Å². The van der Waals surface area contributed by atoms with Crippen LogP contribution in [0.2, 0.25) is 0 Å². The van der Waals surface area contributed by atoms with Gasteiger partial charge >= 0.3 is 29.6 Å². The van der Waals surface area contributed by atoms with Crippen molar-refractivity contribution in [2.75, 3.05) is 24.8 Å².